The van der Waals surface area contributed by atoms with Crippen molar-refractivity contribution < 1.29 is 23.9 Å². The molecule has 0 saturated carbocycles. The molecule has 1 saturated heterocycles. The van der Waals surface area contributed by atoms with Crippen molar-refractivity contribution >= 4 is 23.3 Å². The maximum Gasteiger partial charge on any atom is 0.311 e. The smallest absolute Gasteiger partial charge is 0.311 e. The SMILES string of the molecule is Cc1ccc(C(C)C)c(Oc2ccc(N3C[C@@H](C(=O)OCC(=O)c4ccccc4)CC3=O)cc2)c1. The first kappa shape index (κ1) is 24.2. The van der Waals surface area contributed by atoms with Crippen molar-refractivity contribution in [3.63, 3.8) is 0 Å². The Morgan fingerprint density at radius 1 is 1.00 bits per heavy atom. The highest BCUT2D eigenvalue weighted by Gasteiger charge is 2.36. The molecule has 3 aromatic carbocycles. The number of ketones is 1. The Labute approximate surface area is 205 Å². The van der Waals surface area contributed by atoms with E-state index in [1.165, 1.54) is 0 Å². The number of Topliss-reactive ketones (excluding diaryl/α,β-unsaturated/α-hetero) is 1. The highest BCUT2D eigenvalue weighted by molar-refractivity contribution is 6.01. The molecule has 180 valence electrons. The molecule has 0 radical (unpaired) electrons. The van der Waals surface area contributed by atoms with Gasteiger partial charge in [0, 0.05) is 24.2 Å². The summed E-state index contributed by atoms with van der Waals surface area (Å²) in [5, 5.41) is 0. The summed E-state index contributed by atoms with van der Waals surface area (Å²) >= 11 is 0. The zero-order valence-electron chi connectivity index (χ0n) is 20.2. The van der Waals surface area contributed by atoms with Gasteiger partial charge in [-0.1, -0.05) is 56.3 Å². The predicted octanol–water partition coefficient (Wildman–Crippen LogP) is 5.69. The van der Waals surface area contributed by atoms with Crippen molar-refractivity contribution in [1.82, 2.24) is 0 Å². The van der Waals surface area contributed by atoms with Crippen LogP contribution < -0.4 is 9.64 Å². The van der Waals surface area contributed by atoms with E-state index >= 15 is 0 Å². The van der Waals surface area contributed by atoms with Crippen LogP contribution in [0.3, 0.4) is 0 Å². The Kier molecular flexibility index (Phi) is 7.30. The average Bonchev–Trinajstić information content (AvgIpc) is 3.25. The van der Waals surface area contributed by atoms with Gasteiger partial charge in [0.1, 0.15) is 11.5 Å². The van der Waals surface area contributed by atoms with Crippen LogP contribution in [0.2, 0.25) is 0 Å². The van der Waals surface area contributed by atoms with Crippen LogP contribution in [0, 0.1) is 12.8 Å². The molecular formula is C29H29NO5. The van der Waals surface area contributed by atoms with Crippen LogP contribution >= 0.6 is 0 Å². The van der Waals surface area contributed by atoms with E-state index in [1.54, 1.807) is 29.2 Å². The average molecular weight is 472 g/mol. The number of aryl methyl sites for hydroxylation is 1. The molecule has 6 nitrogen and oxygen atoms in total. The summed E-state index contributed by atoms with van der Waals surface area (Å²) in [6.45, 7) is 6.15. The van der Waals surface area contributed by atoms with Crippen LogP contribution in [0.15, 0.2) is 72.8 Å². The predicted molar refractivity (Wildman–Crippen MR) is 134 cm³/mol. The van der Waals surface area contributed by atoms with Crippen molar-refractivity contribution in [3.8, 4) is 11.5 Å². The third-order valence-corrected chi connectivity index (χ3v) is 6.07. The van der Waals surface area contributed by atoms with E-state index in [2.05, 4.69) is 26.0 Å². The zero-order chi connectivity index (χ0) is 24.9. The first-order valence-electron chi connectivity index (χ1n) is 11.8. The van der Waals surface area contributed by atoms with E-state index in [1.807, 2.05) is 43.3 Å². The van der Waals surface area contributed by atoms with E-state index in [0.29, 0.717) is 22.9 Å². The Morgan fingerprint density at radius 2 is 1.71 bits per heavy atom. The molecule has 1 heterocycles. The second kappa shape index (κ2) is 10.6. The highest BCUT2D eigenvalue weighted by Crippen LogP contribution is 2.33. The third-order valence-electron chi connectivity index (χ3n) is 6.07. The zero-order valence-corrected chi connectivity index (χ0v) is 20.2. The lowest BCUT2D eigenvalue weighted by Crippen LogP contribution is -2.27. The minimum Gasteiger partial charge on any atom is -0.457 e. The standard InChI is InChI=1S/C29H29NO5/c1-19(2)25-14-9-20(3)15-27(25)35-24-12-10-23(11-13-24)30-17-22(16-28(30)32)29(33)34-18-26(31)21-7-5-4-6-8-21/h4-15,19,22H,16-18H2,1-3H3/t22-/m0/s1. The molecule has 1 aliphatic heterocycles. The molecule has 0 aliphatic carbocycles. The second-order valence-corrected chi connectivity index (χ2v) is 9.09. The molecule has 4 rings (SSSR count). The van der Waals surface area contributed by atoms with Gasteiger partial charge in [-0.3, -0.25) is 14.4 Å². The Hall–Kier alpha value is -3.93. The largest absolute Gasteiger partial charge is 0.457 e. The van der Waals surface area contributed by atoms with Crippen LogP contribution in [-0.2, 0) is 14.3 Å². The number of esters is 1. The lowest BCUT2D eigenvalue weighted by atomic mass is 10.0. The summed E-state index contributed by atoms with van der Waals surface area (Å²) < 4.78 is 11.3. The van der Waals surface area contributed by atoms with Crippen molar-refractivity contribution in [3.05, 3.63) is 89.5 Å². The molecule has 1 fully saturated rings. The normalized spacial score (nSPS) is 15.4. The van der Waals surface area contributed by atoms with Gasteiger partial charge in [-0.15, -0.1) is 0 Å². The summed E-state index contributed by atoms with van der Waals surface area (Å²) in [6, 6.07) is 22.1. The fourth-order valence-corrected chi connectivity index (χ4v) is 4.10. The molecule has 1 atom stereocenters. The van der Waals surface area contributed by atoms with E-state index in [9.17, 15) is 14.4 Å². The maximum absolute atomic E-state index is 12.6. The lowest BCUT2D eigenvalue weighted by molar-refractivity contribution is -0.147. The van der Waals surface area contributed by atoms with Crippen molar-refractivity contribution in [1.29, 1.82) is 0 Å². The molecule has 3 aromatic rings. The number of carbonyl (C=O) groups is 3. The van der Waals surface area contributed by atoms with E-state index in [0.717, 1.165) is 16.9 Å². The van der Waals surface area contributed by atoms with Gasteiger partial charge in [0.25, 0.3) is 0 Å². The van der Waals surface area contributed by atoms with Gasteiger partial charge >= 0.3 is 5.97 Å². The van der Waals surface area contributed by atoms with E-state index in [-0.39, 0.29) is 31.3 Å². The quantitative estimate of drug-likeness (QED) is 0.312. The summed E-state index contributed by atoms with van der Waals surface area (Å²) in [5.74, 6) is 0.238. The fraction of sp³-hybridized carbons (Fsp3) is 0.276. The number of ether oxygens (including phenoxy) is 2. The lowest BCUT2D eigenvalue weighted by Gasteiger charge is -2.18. The van der Waals surface area contributed by atoms with Gasteiger partial charge in [0.2, 0.25) is 5.91 Å². The second-order valence-electron chi connectivity index (χ2n) is 9.09. The molecule has 1 amide bonds. The molecule has 35 heavy (non-hydrogen) atoms. The van der Waals surface area contributed by atoms with Crippen LogP contribution in [0.4, 0.5) is 5.69 Å². The van der Waals surface area contributed by atoms with Gasteiger partial charge in [0.15, 0.2) is 12.4 Å². The molecular weight excluding hydrogens is 442 g/mol. The molecule has 1 aliphatic rings. The number of rotatable bonds is 8. The van der Waals surface area contributed by atoms with Gasteiger partial charge in [0.05, 0.1) is 5.92 Å². The number of carbonyl (C=O) groups excluding carboxylic acids is 3. The first-order valence-corrected chi connectivity index (χ1v) is 11.8. The summed E-state index contributed by atoms with van der Waals surface area (Å²) in [5.41, 5.74) is 3.41. The van der Waals surface area contributed by atoms with E-state index < -0.39 is 11.9 Å². The van der Waals surface area contributed by atoms with Crippen molar-refractivity contribution in [2.75, 3.05) is 18.1 Å². The van der Waals surface area contributed by atoms with Crippen LogP contribution in [-0.4, -0.2) is 30.8 Å². The highest BCUT2D eigenvalue weighted by atomic mass is 16.5. The number of nitrogens with zero attached hydrogens (tertiary/aromatic N) is 1. The fourth-order valence-electron chi connectivity index (χ4n) is 4.10. The summed E-state index contributed by atoms with van der Waals surface area (Å²) in [4.78, 5) is 38.9. The number of anilines is 1. The number of hydrogen-bond acceptors (Lipinski definition) is 5. The Morgan fingerprint density at radius 3 is 2.40 bits per heavy atom. The third kappa shape index (κ3) is 5.77. The van der Waals surface area contributed by atoms with Crippen LogP contribution in [0.25, 0.3) is 0 Å². The minimum absolute atomic E-state index is 0.0532. The Balaban J connectivity index is 1.37. The van der Waals surface area contributed by atoms with Gasteiger partial charge in [-0.2, -0.15) is 0 Å². The summed E-state index contributed by atoms with van der Waals surface area (Å²) in [7, 11) is 0. The van der Waals surface area contributed by atoms with Crippen molar-refractivity contribution in [2.24, 2.45) is 5.92 Å². The maximum atomic E-state index is 12.6. The topological polar surface area (TPSA) is 72.9 Å². The molecule has 0 bridgehead atoms. The summed E-state index contributed by atoms with van der Waals surface area (Å²) in [6.07, 6.45) is 0.0532. The molecule has 0 spiro atoms. The van der Waals surface area contributed by atoms with Crippen LogP contribution in [0.5, 0.6) is 11.5 Å². The van der Waals surface area contributed by atoms with E-state index in [4.69, 9.17) is 9.47 Å². The number of hydrogen-bond donors (Lipinski definition) is 0. The molecule has 0 aromatic heterocycles. The molecule has 0 N–H and O–H groups in total. The molecule has 6 heteroatoms. The van der Waals surface area contributed by atoms with Gasteiger partial charge < -0.3 is 14.4 Å². The first-order chi connectivity index (χ1) is 16.8. The van der Waals surface area contributed by atoms with Crippen LogP contribution in [0.1, 0.15) is 47.7 Å². The van der Waals surface area contributed by atoms with Gasteiger partial charge in [-0.05, 0) is 54.3 Å². The minimum atomic E-state index is -0.608. The van der Waals surface area contributed by atoms with Gasteiger partial charge in [-0.25, -0.2) is 0 Å². The monoisotopic (exact) mass is 471 g/mol. The van der Waals surface area contributed by atoms with Crippen molar-refractivity contribution in [2.45, 2.75) is 33.1 Å². The molecule has 0 unspecified atom stereocenters. The number of benzene rings is 3. The number of amides is 1. The Bertz CT molecular complexity index is 1220.